The number of anilines is 1. The summed E-state index contributed by atoms with van der Waals surface area (Å²) >= 11 is 9.24. The van der Waals surface area contributed by atoms with E-state index in [-0.39, 0.29) is 17.2 Å². The van der Waals surface area contributed by atoms with Gasteiger partial charge in [0.25, 0.3) is 0 Å². The Kier molecular flexibility index (Phi) is 4.39. The minimum atomic E-state index is -0.516. The first-order valence-electron chi connectivity index (χ1n) is 5.38. The van der Waals surface area contributed by atoms with Crippen LogP contribution in [-0.4, -0.2) is 11.0 Å². The van der Waals surface area contributed by atoms with Gasteiger partial charge in [0.15, 0.2) is 0 Å². The Balaban J connectivity index is 2.08. The zero-order chi connectivity index (χ0) is 13.8. The predicted molar refractivity (Wildman–Crippen MR) is 76.9 cm³/mol. The Bertz CT molecular complexity index is 619. The molecule has 6 heteroatoms. The normalized spacial score (nSPS) is 10.2. The molecule has 1 heterocycles. The van der Waals surface area contributed by atoms with E-state index in [1.807, 2.05) is 6.07 Å². The number of hydrogen-bond donors (Lipinski definition) is 1. The van der Waals surface area contributed by atoms with Crippen molar-refractivity contribution in [3.05, 3.63) is 57.3 Å². The molecule has 2 rings (SSSR count). The fourth-order valence-electron chi connectivity index (χ4n) is 1.47. The van der Waals surface area contributed by atoms with Gasteiger partial charge in [0.2, 0.25) is 0 Å². The Hall–Kier alpha value is -1.59. The molecule has 0 saturated heterocycles. The van der Waals surface area contributed by atoms with Crippen LogP contribution in [0.25, 0.3) is 0 Å². The van der Waals surface area contributed by atoms with E-state index in [2.05, 4.69) is 20.9 Å². The van der Waals surface area contributed by atoms with Crippen molar-refractivity contribution in [2.24, 2.45) is 0 Å². The molecule has 0 saturated carbocycles. The third kappa shape index (κ3) is 3.45. The lowest BCUT2D eigenvalue weighted by molar-refractivity contribution is 0.0472. The van der Waals surface area contributed by atoms with Crippen molar-refractivity contribution in [1.82, 2.24) is 4.98 Å². The maximum absolute atomic E-state index is 11.9. The van der Waals surface area contributed by atoms with Crippen molar-refractivity contribution < 1.29 is 9.53 Å². The van der Waals surface area contributed by atoms with Gasteiger partial charge in [0, 0.05) is 22.4 Å². The minimum absolute atomic E-state index is 0.121. The summed E-state index contributed by atoms with van der Waals surface area (Å²) in [7, 11) is 0. The molecule has 1 aromatic carbocycles. The second-order valence-electron chi connectivity index (χ2n) is 3.80. The van der Waals surface area contributed by atoms with Crippen LogP contribution in [0.2, 0.25) is 5.02 Å². The number of aromatic nitrogens is 1. The minimum Gasteiger partial charge on any atom is -0.457 e. The second kappa shape index (κ2) is 6.04. The van der Waals surface area contributed by atoms with Crippen LogP contribution in [0.5, 0.6) is 0 Å². The first-order valence-corrected chi connectivity index (χ1v) is 6.55. The number of hydrogen-bond acceptors (Lipinski definition) is 4. The van der Waals surface area contributed by atoms with Crippen LogP contribution in [0.3, 0.4) is 0 Å². The molecule has 19 heavy (non-hydrogen) atoms. The molecular weight excluding hydrogens is 332 g/mol. The van der Waals surface area contributed by atoms with Gasteiger partial charge in [-0.2, -0.15) is 0 Å². The SMILES string of the molecule is Nc1cccc(C(=O)OCc2cncc(Br)c2)c1Cl. The molecule has 0 aliphatic rings. The summed E-state index contributed by atoms with van der Waals surface area (Å²) in [5.74, 6) is -0.516. The zero-order valence-corrected chi connectivity index (χ0v) is 12.1. The number of halogens is 2. The average Bonchev–Trinajstić information content (AvgIpc) is 2.39. The number of carbonyl (C=O) groups excluding carboxylic acids is 1. The molecule has 1 aromatic heterocycles. The molecule has 2 aromatic rings. The molecule has 0 amide bonds. The van der Waals surface area contributed by atoms with Crippen molar-refractivity contribution in [2.75, 3.05) is 5.73 Å². The molecule has 0 aliphatic carbocycles. The highest BCUT2D eigenvalue weighted by Gasteiger charge is 2.13. The van der Waals surface area contributed by atoms with Crippen LogP contribution in [0, 0.1) is 0 Å². The highest BCUT2D eigenvalue weighted by molar-refractivity contribution is 9.10. The highest BCUT2D eigenvalue weighted by Crippen LogP contribution is 2.24. The first kappa shape index (κ1) is 13.8. The van der Waals surface area contributed by atoms with Crippen molar-refractivity contribution in [3.8, 4) is 0 Å². The summed E-state index contributed by atoms with van der Waals surface area (Å²) in [6.45, 7) is 0.121. The molecule has 0 radical (unpaired) electrons. The van der Waals surface area contributed by atoms with Crippen LogP contribution in [0.4, 0.5) is 5.69 Å². The van der Waals surface area contributed by atoms with E-state index in [1.54, 1.807) is 30.6 Å². The number of ether oxygens (including phenoxy) is 1. The standard InChI is InChI=1S/C13H10BrClN2O2/c14-9-4-8(5-17-6-9)7-19-13(18)10-2-1-3-11(16)12(10)15/h1-6H,7,16H2. The smallest absolute Gasteiger partial charge is 0.340 e. The summed E-state index contributed by atoms with van der Waals surface area (Å²) in [5.41, 5.74) is 7.01. The first-order chi connectivity index (χ1) is 9.08. The van der Waals surface area contributed by atoms with Gasteiger partial charge in [-0.15, -0.1) is 0 Å². The maximum Gasteiger partial charge on any atom is 0.340 e. The largest absolute Gasteiger partial charge is 0.457 e. The number of carbonyl (C=O) groups is 1. The van der Waals surface area contributed by atoms with E-state index in [4.69, 9.17) is 22.1 Å². The molecule has 0 unspecified atom stereocenters. The Morgan fingerprint density at radius 3 is 2.95 bits per heavy atom. The van der Waals surface area contributed by atoms with Crippen LogP contribution < -0.4 is 5.73 Å². The number of pyridine rings is 1. The van der Waals surface area contributed by atoms with E-state index in [9.17, 15) is 4.79 Å². The number of nitrogen functional groups attached to an aromatic ring is 1. The molecule has 0 spiro atoms. The highest BCUT2D eigenvalue weighted by atomic mass is 79.9. The van der Waals surface area contributed by atoms with Crippen LogP contribution in [0.15, 0.2) is 41.1 Å². The lowest BCUT2D eigenvalue weighted by atomic mass is 10.2. The van der Waals surface area contributed by atoms with Gasteiger partial charge in [-0.25, -0.2) is 4.79 Å². The Morgan fingerprint density at radius 2 is 2.21 bits per heavy atom. The lowest BCUT2D eigenvalue weighted by Crippen LogP contribution is -2.07. The van der Waals surface area contributed by atoms with E-state index in [0.717, 1.165) is 10.0 Å². The number of nitrogens with zero attached hydrogens (tertiary/aromatic N) is 1. The third-order valence-corrected chi connectivity index (χ3v) is 3.24. The molecule has 0 atom stereocenters. The molecule has 2 N–H and O–H groups in total. The van der Waals surface area contributed by atoms with Crippen LogP contribution in [0.1, 0.15) is 15.9 Å². The average molecular weight is 342 g/mol. The number of rotatable bonds is 3. The zero-order valence-electron chi connectivity index (χ0n) is 9.77. The maximum atomic E-state index is 11.9. The van der Waals surface area contributed by atoms with Crippen LogP contribution in [-0.2, 0) is 11.3 Å². The molecule has 98 valence electrons. The number of nitrogens with two attached hydrogens (primary N) is 1. The molecular formula is C13H10BrClN2O2. The van der Waals surface area contributed by atoms with Crippen molar-refractivity contribution in [1.29, 1.82) is 0 Å². The summed E-state index contributed by atoms with van der Waals surface area (Å²) in [4.78, 5) is 15.9. The summed E-state index contributed by atoms with van der Waals surface area (Å²) < 4.78 is 5.99. The second-order valence-corrected chi connectivity index (χ2v) is 5.09. The number of benzene rings is 1. The van der Waals surface area contributed by atoms with Gasteiger partial charge in [-0.05, 0) is 34.1 Å². The van der Waals surface area contributed by atoms with Gasteiger partial charge >= 0.3 is 5.97 Å². The van der Waals surface area contributed by atoms with Gasteiger partial charge in [0.1, 0.15) is 6.61 Å². The Morgan fingerprint density at radius 1 is 1.42 bits per heavy atom. The van der Waals surface area contributed by atoms with Gasteiger partial charge < -0.3 is 10.5 Å². The van der Waals surface area contributed by atoms with Gasteiger partial charge in [0.05, 0.1) is 16.3 Å². The summed E-state index contributed by atoms with van der Waals surface area (Å²) in [6.07, 6.45) is 3.28. The quantitative estimate of drug-likeness (QED) is 0.686. The summed E-state index contributed by atoms with van der Waals surface area (Å²) in [5, 5.41) is 0.208. The monoisotopic (exact) mass is 340 g/mol. The number of esters is 1. The molecule has 0 bridgehead atoms. The van der Waals surface area contributed by atoms with E-state index < -0.39 is 5.97 Å². The fourth-order valence-corrected chi connectivity index (χ4v) is 2.08. The van der Waals surface area contributed by atoms with Crippen molar-refractivity contribution in [3.63, 3.8) is 0 Å². The predicted octanol–water partition coefficient (Wildman–Crippen LogP) is 3.44. The van der Waals surface area contributed by atoms with Gasteiger partial charge in [-0.1, -0.05) is 17.7 Å². The third-order valence-electron chi connectivity index (χ3n) is 2.38. The Labute approximate surface area is 123 Å². The fraction of sp³-hybridized carbons (Fsp3) is 0.0769. The van der Waals surface area contributed by atoms with E-state index in [1.165, 1.54) is 0 Å². The van der Waals surface area contributed by atoms with Crippen LogP contribution >= 0.6 is 27.5 Å². The van der Waals surface area contributed by atoms with Crippen molar-refractivity contribution >= 4 is 39.2 Å². The van der Waals surface area contributed by atoms with Crippen molar-refractivity contribution in [2.45, 2.75) is 6.61 Å². The molecule has 0 fully saturated rings. The molecule has 4 nitrogen and oxygen atoms in total. The van der Waals surface area contributed by atoms with Gasteiger partial charge in [-0.3, -0.25) is 4.98 Å². The lowest BCUT2D eigenvalue weighted by Gasteiger charge is -2.07. The van der Waals surface area contributed by atoms with E-state index in [0.29, 0.717) is 5.69 Å². The molecule has 0 aliphatic heterocycles. The van der Waals surface area contributed by atoms with E-state index >= 15 is 0 Å². The topological polar surface area (TPSA) is 65.2 Å². The summed E-state index contributed by atoms with van der Waals surface area (Å²) in [6, 6.07) is 6.66.